The van der Waals surface area contributed by atoms with Crippen LogP contribution in [0.5, 0.6) is 5.88 Å². The van der Waals surface area contributed by atoms with Crippen molar-refractivity contribution in [1.82, 2.24) is 9.97 Å². The molecule has 0 fully saturated rings. The predicted octanol–water partition coefficient (Wildman–Crippen LogP) is 2.53. The van der Waals surface area contributed by atoms with Crippen LogP contribution in [0.25, 0.3) is 0 Å². The van der Waals surface area contributed by atoms with Gasteiger partial charge in [0.1, 0.15) is 17.2 Å². The highest BCUT2D eigenvalue weighted by molar-refractivity contribution is 6.33. The monoisotopic (exact) mass is 229 g/mol. The Labute approximate surface area is 94.8 Å². The minimum Gasteiger partial charge on any atom is -0.473 e. The lowest BCUT2D eigenvalue weighted by Crippen LogP contribution is -2.15. The molecule has 0 amide bonds. The molecule has 4 nitrogen and oxygen atoms in total. The summed E-state index contributed by atoms with van der Waals surface area (Å²) in [5, 5.41) is 0.285. The van der Waals surface area contributed by atoms with Crippen LogP contribution < -0.4 is 10.5 Å². The Kier molecular flexibility index (Phi) is 4.15. The Morgan fingerprint density at radius 2 is 2.07 bits per heavy atom. The highest BCUT2D eigenvalue weighted by Crippen LogP contribution is 2.26. The van der Waals surface area contributed by atoms with E-state index in [1.165, 1.54) is 6.33 Å². The second-order valence-corrected chi connectivity index (χ2v) is 4.31. The molecule has 0 spiro atoms. The van der Waals surface area contributed by atoms with Crippen molar-refractivity contribution >= 4 is 17.4 Å². The van der Waals surface area contributed by atoms with E-state index in [0.717, 1.165) is 6.42 Å². The Hall–Kier alpha value is -1.03. The van der Waals surface area contributed by atoms with Crippen LogP contribution in [-0.2, 0) is 0 Å². The molecule has 0 saturated carbocycles. The van der Waals surface area contributed by atoms with E-state index in [2.05, 4.69) is 23.8 Å². The normalized spacial score (nSPS) is 12.9. The number of hydrogen-bond donors (Lipinski definition) is 1. The molecule has 0 saturated heterocycles. The summed E-state index contributed by atoms with van der Waals surface area (Å²) in [6.45, 7) is 6.25. The van der Waals surface area contributed by atoms with Crippen molar-refractivity contribution in [3.63, 3.8) is 0 Å². The molecule has 15 heavy (non-hydrogen) atoms. The fourth-order valence-corrected chi connectivity index (χ4v) is 1.49. The van der Waals surface area contributed by atoms with Crippen molar-refractivity contribution in [1.29, 1.82) is 0 Å². The van der Waals surface area contributed by atoms with Crippen LogP contribution in [0.1, 0.15) is 27.2 Å². The van der Waals surface area contributed by atoms with Gasteiger partial charge in [0.05, 0.1) is 6.10 Å². The molecule has 1 aromatic heterocycles. The minimum atomic E-state index is 0.0665. The molecule has 0 aromatic carbocycles. The van der Waals surface area contributed by atoms with Crippen LogP contribution in [0.2, 0.25) is 5.02 Å². The van der Waals surface area contributed by atoms with E-state index in [9.17, 15) is 0 Å². The summed E-state index contributed by atoms with van der Waals surface area (Å²) in [7, 11) is 0. The third-order valence-corrected chi connectivity index (χ3v) is 2.26. The van der Waals surface area contributed by atoms with Gasteiger partial charge in [0.25, 0.3) is 0 Å². The number of rotatable bonds is 4. The van der Waals surface area contributed by atoms with Gasteiger partial charge in [0.2, 0.25) is 5.88 Å². The molecular formula is C10H16ClN3O. The van der Waals surface area contributed by atoms with E-state index < -0.39 is 0 Å². The van der Waals surface area contributed by atoms with Crippen LogP contribution in [0.4, 0.5) is 5.82 Å². The molecular weight excluding hydrogens is 214 g/mol. The maximum atomic E-state index is 5.90. The first-order chi connectivity index (χ1) is 7.00. The lowest BCUT2D eigenvalue weighted by Gasteiger charge is -2.16. The molecule has 5 heteroatoms. The maximum Gasteiger partial charge on any atom is 0.238 e. The van der Waals surface area contributed by atoms with Gasteiger partial charge in [-0.3, -0.25) is 0 Å². The first-order valence-corrected chi connectivity index (χ1v) is 5.31. The zero-order valence-electron chi connectivity index (χ0n) is 9.20. The Morgan fingerprint density at radius 3 is 2.67 bits per heavy atom. The molecule has 0 aliphatic rings. The van der Waals surface area contributed by atoms with Crippen LogP contribution in [0, 0.1) is 5.92 Å². The van der Waals surface area contributed by atoms with Crippen molar-refractivity contribution in [2.75, 3.05) is 5.73 Å². The first-order valence-electron chi connectivity index (χ1n) is 4.93. The molecule has 1 atom stereocenters. The van der Waals surface area contributed by atoms with E-state index >= 15 is 0 Å². The van der Waals surface area contributed by atoms with Crippen molar-refractivity contribution in [2.24, 2.45) is 5.92 Å². The highest BCUT2D eigenvalue weighted by Gasteiger charge is 2.12. The first kappa shape index (κ1) is 12.0. The van der Waals surface area contributed by atoms with E-state index in [-0.39, 0.29) is 16.9 Å². The summed E-state index contributed by atoms with van der Waals surface area (Å²) in [5.74, 6) is 1.17. The number of halogens is 1. The Morgan fingerprint density at radius 1 is 1.40 bits per heavy atom. The van der Waals surface area contributed by atoms with Crippen LogP contribution >= 0.6 is 11.6 Å². The number of nitrogens with zero attached hydrogens (tertiary/aromatic N) is 2. The minimum absolute atomic E-state index is 0.0665. The largest absolute Gasteiger partial charge is 0.473 e. The van der Waals surface area contributed by atoms with Gasteiger partial charge in [-0.1, -0.05) is 25.4 Å². The lowest BCUT2D eigenvalue weighted by molar-refractivity contribution is 0.185. The second-order valence-electron chi connectivity index (χ2n) is 3.94. The molecule has 1 heterocycles. The highest BCUT2D eigenvalue weighted by atomic mass is 35.5. The van der Waals surface area contributed by atoms with E-state index in [1.807, 2.05) is 6.92 Å². The topological polar surface area (TPSA) is 61.0 Å². The summed E-state index contributed by atoms with van der Waals surface area (Å²) in [6, 6.07) is 0. The Bertz CT molecular complexity index is 330. The van der Waals surface area contributed by atoms with E-state index in [1.54, 1.807) is 0 Å². The maximum absolute atomic E-state index is 5.90. The van der Waals surface area contributed by atoms with Crippen molar-refractivity contribution < 1.29 is 4.74 Å². The van der Waals surface area contributed by atoms with E-state index in [0.29, 0.717) is 11.8 Å². The number of ether oxygens (including phenoxy) is 1. The summed E-state index contributed by atoms with van der Waals surface area (Å²) in [5.41, 5.74) is 5.53. The molecule has 0 radical (unpaired) electrons. The molecule has 1 aromatic rings. The molecule has 2 N–H and O–H groups in total. The van der Waals surface area contributed by atoms with Crippen LogP contribution in [0.15, 0.2) is 6.33 Å². The van der Waals surface area contributed by atoms with Gasteiger partial charge < -0.3 is 10.5 Å². The van der Waals surface area contributed by atoms with Gasteiger partial charge in [0, 0.05) is 0 Å². The number of hydrogen-bond acceptors (Lipinski definition) is 4. The third-order valence-electron chi connectivity index (χ3n) is 1.90. The molecule has 0 bridgehead atoms. The zero-order chi connectivity index (χ0) is 11.4. The summed E-state index contributed by atoms with van der Waals surface area (Å²) >= 11 is 5.90. The van der Waals surface area contributed by atoms with Crippen molar-refractivity contribution in [3.8, 4) is 5.88 Å². The fraction of sp³-hybridized carbons (Fsp3) is 0.600. The van der Waals surface area contributed by atoms with Crippen LogP contribution in [-0.4, -0.2) is 16.1 Å². The summed E-state index contributed by atoms with van der Waals surface area (Å²) in [4.78, 5) is 7.70. The number of nitrogens with two attached hydrogens (primary N) is 1. The summed E-state index contributed by atoms with van der Waals surface area (Å²) in [6.07, 6.45) is 2.36. The van der Waals surface area contributed by atoms with Gasteiger partial charge in [-0.25, -0.2) is 9.97 Å². The van der Waals surface area contributed by atoms with Gasteiger partial charge in [-0.15, -0.1) is 0 Å². The average molecular weight is 230 g/mol. The quantitative estimate of drug-likeness (QED) is 0.862. The fourth-order valence-electron chi connectivity index (χ4n) is 1.35. The van der Waals surface area contributed by atoms with E-state index in [4.69, 9.17) is 22.1 Å². The van der Waals surface area contributed by atoms with Gasteiger partial charge in [0.15, 0.2) is 0 Å². The molecule has 84 valence electrons. The molecule has 1 rings (SSSR count). The van der Waals surface area contributed by atoms with Gasteiger partial charge in [-0.2, -0.15) is 0 Å². The molecule has 0 aliphatic heterocycles. The lowest BCUT2D eigenvalue weighted by atomic mass is 10.1. The third kappa shape index (κ3) is 3.55. The Balaban J connectivity index is 2.68. The number of anilines is 1. The smallest absolute Gasteiger partial charge is 0.238 e. The van der Waals surface area contributed by atoms with Crippen LogP contribution in [0.3, 0.4) is 0 Å². The number of aromatic nitrogens is 2. The average Bonchev–Trinajstić information content (AvgIpc) is 2.11. The molecule has 0 aliphatic carbocycles. The molecule has 1 unspecified atom stereocenters. The zero-order valence-corrected chi connectivity index (χ0v) is 9.95. The van der Waals surface area contributed by atoms with Crippen molar-refractivity contribution in [3.05, 3.63) is 11.3 Å². The SMILES string of the molecule is CC(C)CC(C)Oc1ncnc(N)c1Cl. The summed E-state index contributed by atoms with van der Waals surface area (Å²) < 4.78 is 5.57. The predicted molar refractivity (Wildman–Crippen MR) is 61.0 cm³/mol. The van der Waals surface area contributed by atoms with Gasteiger partial charge in [-0.05, 0) is 19.3 Å². The van der Waals surface area contributed by atoms with Gasteiger partial charge >= 0.3 is 0 Å². The van der Waals surface area contributed by atoms with Crippen molar-refractivity contribution in [2.45, 2.75) is 33.3 Å². The standard InChI is InChI=1S/C10H16ClN3O/c1-6(2)4-7(3)15-10-8(11)9(12)13-5-14-10/h5-7H,4H2,1-3H3,(H2,12,13,14). The number of nitrogen functional groups attached to an aromatic ring is 1. The second kappa shape index (κ2) is 5.16.